The molecule has 3 unspecified atom stereocenters. The molecule has 0 aliphatic carbocycles. The lowest BCUT2D eigenvalue weighted by molar-refractivity contribution is -0.870. The molecule has 0 fully saturated rings. The maximum atomic E-state index is 13.0. The maximum Gasteiger partial charge on any atom is 0.268 e. The Labute approximate surface area is 469 Å². The third-order valence-corrected chi connectivity index (χ3v) is 14.1. The highest BCUT2D eigenvalue weighted by Crippen LogP contribution is 2.38. The Morgan fingerprint density at radius 1 is 0.474 bits per heavy atom. The van der Waals surface area contributed by atoms with Crippen molar-refractivity contribution >= 4 is 13.7 Å². The molecule has 0 radical (unpaired) electrons. The smallest absolute Gasteiger partial charge is 0.268 e. The van der Waals surface area contributed by atoms with Gasteiger partial charge in [0.25, 0.3) is 7.82 Å². The second-order valence-corrected chi connectivity index (χ2v) is 23.1. The Morgan fingerprint density at radius 2 is 0.803 bits per heavy atom. The SMILES string of the molecule is CC/C=C\C/C=C\C/C=C\C/C=C\C/C=C\C/C=C\C/C=C\C/C=C\C/C=C\CCCCCCCCCC(=O)NC(COP(=O)([O-])OCC[N+](C)(C)C)C(O)/C=C/CCCCCCCCCCCCCCCCCCC. The zero-order valence-electron chi connectivity index (χ0n) is 49.7. The fraction of sp³-hybridized carbons (Fsp3) is 0.687. The molecule has 76 heavy (non-hydrogen) atoms. The van der Waals surface area contributed by atoms with Gasteiger partial charge in [-0.25, -0.2) is 0 Å². The van der Waals surface area contributed by atoms with Crippen LogP contribution in [-0.2, 0) is 18.4 Å². The molecule has 2 N–H and O–H groups in total. The number of quaternary nitrogens is 1. The van der Waals surface area contributed by atoms with Gasteiger partial charge < -0.3 is 28.8 Å². The predicted molar refractivity (Wildman–Crippen MR) is 329 cm³/mol. The average Bonchev–Trinajstić information content (AvgIpc) is 3.38. The van der Waals surface area contributed by atoms with Crippen molar-refractivity contribution in [2.75, 3.05) is 40.9 Å². The van der Waals surface area contributed by atoms with Gasteiger partial charge in [-0.3, -0.25) is 9.36 Å². The molecular formula is C67H117N2O6P. The van der Waals surface area contributed by atoms with Crippen LogP contribution in [0.3, 0.4) is 0 Å². The summed E-state index contributed by atoms with van der Waals surface area (Å²) >= 11 is 0. The van der Waals surface area contributed by atoms with Crippen molar-refractivity contribution in [3.8, 4) is 0 Å². The summed E-state index contributed by atoms with van der Waals surface area (Å²) in [6, 6.07) is -0.902. The highest BCUT2D eigenvalue weighted by Gasteiger charge is 2.23. The Balaban J connectivity index is 4.22. The Morgan fingerprint density at radius 3 is 1.17 bits per heavy atom. The molecule has 3 atom stereocenters. The van der Waals surface area contributed by atoms with Crippen LogP contribution in [0.2, 0.25) is 0 Å². The summed E-state index contributed by atoms with van der Waals surface area (Å²) in [4.78, 5) is 25.5. The van der Waals surface area contributed by atoms with Gasteiger partial charge in [-0.05, 0) is 89.9 Å². The van der Waals surface area contributed by atoms with Gasteiger partial charge in [0.15, 0.2) is 0 Å². The molecule has 0 aromatic rings. The quantitative estimate of drug-likeness (QED) is 0.0272. The second kappa shape index (κ2) is 56.6. The number of hydrogen-bond donors (Lipinski definition) is 2. The van der Waals surface area contributed by atoms with Crippen molar-refractivity contribution in [3.05, 3.63) is 122 Å². The number of nitrogens with zero attached hydrogens (tertiary/aromatic N) is 1. The van der Waals surface area contributed by atoms with Crippen molar-refractivity contribution < 1.29 is 32.9 Å². The number of phosphoric acid groups is 1. The lowest BCUT2D eigenvalue weighted by atomic mass is 10.0. The predicted octanol–water partition coefficient (Wildman–Crippen LogP) is 18.7. The number of carbonyl (C=O) groups excluding carboxylic acids is 1. The summed E-state index contributed by atoms with van der Waals surface area (Å²) in [5.41, 5.74) is 0. The zero-order chi connectivity index (χ0) is 55.6. The number of unbranched alkanes of at least 4 members (excludes halogenated alkanes) is 24. The standard InChI is InChI=1S/C67H117N2O6P/c1-6-8-10-12-14-16-18-20-22-24-26-27-28-29-30-31-32-33-34-35-36-37-38-39-40-41-43-45-47-49-51-53-55-57-59-61-67(71)68-65(64-75-76(72,73)74-63-62-69(3,4)5)66(70)60-58-56-54-52-50-48-46-44-42-25-23-21-19-17-15-13-11-9-7-2/h8,10,14,16,20,22,26-27,29-30,32-33,35-36,38-39,41,43,58,60,65-66,70H,6-7,9,11-13,15,17-19,21,23-25,28,31,34,37,40,42,44-57,59,61-64H2,1-5H3,(H-,68,71,72,73)/b10-8-,16-14-,22-20-,27-26-,30-29-,33-32-,36-35-,39-38-,43-41-,60-58+. The molecule has 0 bridgehead atoms. The molecule has 8 nitrogen and oxygen atoms in total. The van der Waals surface area contributed by atoms with Gasteiger partial charge in [-0.15, -0.1) is 0 Å². The first-order chi connectivity index (χ1) is 37.0. The van der Waals surface area contributed by atoms with Crippen LogP contribution in [0.15, 0.2) is 122 Å². The summed E-state index contributed by atoms with van der Waals surface area (Å²) in [7, 11) is 1.24. The highest BCUT2D eigenvalue weighted by molar-refractivity contribution is 7.45. The Bertz CT molecular complexity index is 1650. The van der Waals surface area contributed by atoms with Crippen molar-refractivity contribution in [3.63, 3.8) is 0 Å². The molecule has 1 amide bonds. The molecule has 0 aliphatic rings. The normalized spacial score (nSPS) is 14.7. The lowest BCUT2D eigenvalue weighted by Crippen LogP contribution is -2.45. The van der Waals surface area contributed by atoms with E-state index in [1.807, 2.05) is 27.2 Å². The van der Waals surface area contributed by atoms with E-state index in [2.05, 4.69) is 129 Å². The van der Waals surface area contributed by atoms with E-state index in [9.17, 15) is 19.4 Å². The van der Waals surface area contributed by atoms with Crippen LogP contribution in [-0.4, -0.2) is 68.5 Å². The van der Waals surface area contributed by atoms with Crippen LogP contribution >= 0.6 is 7.82 Å². The monoisotopic (exact) mass is 1080 g/mol. The van der Waals surface area contributed by atoms with Gasteiger partial charge in [-0.1, -0.05) is 270 Å². The van der Waals surface area contributed by atoms with E-state index in [0.29, 0.717) is 17.4 Å². The number of rotatable bonds is 55. The van der Waals surface area contributed by atoms with Crippen LogP contribution in [0.4, 0.5) is 0 Å². The molecule has 0 aliphatic heterocycles. The zero-order valence-corrected chi connectivity index (χ0v) is 50.6. The number of carbonyl (C=O) groups is 1. The largest absolute Gasteiger partial charge is 0.756 e. The summed E-state index contributed by atoms with van der Waals surface area (Å²) in [6.45, 7) is 4.53. The van der Waals surface area contributed by atoms with Crippen molar-refractivity contribution in [2.24, 2.45) is 0 Å². The molecular weight excluding hydrogens is 960 g/mol. The molecule has 9 heteroatoms. The molecule has 0 spiro atoms. The van der Waals surface area contributed by atoms with E-state index in [1.165, 1.54) is 116 Å². The first-order valence-corrected chi connectivity index (χ1v) is 32.4. The summed E-state index contributed by atoms with van der Waals surface area (Å²) in [5.74, 6) is -0.212. The van der Waals surface area contributed by atoms with Crippen molar-refractivity contribution in [1.29, 1.82) is 0 Å². The minimum Gasteiger partial charge on any atom is -0.756 e. The molecule has 436 valence electrons. The van der Waals surface area contributed by atoms with Gasteiger partial charge in [-0.2, -0.15) is 0 Å². The molecule has 0 saturated carbocycles. The Hall–Kier alpha value is -3.10. The number of aliphatic hydroxyl groups is 1. The number of amides is 1. The molecule has 0 heterocycles. The van der Waals surface area contributed by atoms with Gasteiger partial charge in [0, 0.05) is 6.42 Å². The summed E-state index contributed by atoms with van der Waals surface area (Å²) in [6.07, 6.45) is 84.2. The fourth-order valence-electron chi connectivity index (χ4n) is 8.38. The molecule has 0 rings (SSSR count). The molecule has 0 saturated heterocycles. The second-order valence-electron chi connectivity index (χ2n) is 21.7. The maximum absolute atomic E-state index is 13.0. The van der Waals surface area contributed by atoms with Crippen LogP contribution in [0.1, 0.15) is 245 Å². The van der Waals surface area contributed by atoms with E-state index in [1.54, 1.807) is 6.08 Å². The van der Waals surface area contributed by atoms with Gasteiger partial charge >= 0.3 is 0 Å². The van der Waals surface area contributed by atoms with E-state index in [0.717, 1.165) is 109 Å². The van der Waals surface area contributed by atoms with E-state index in [-0.39, 0.29) is 12.5 Å². The number of hydrogen-bond acceptors (Lipinski definition) is 6. The molecule has 0 aromatic heterocycles. The summed E-state index contributed by atoms with van der Waals surface area (Å²) in [5, 5.41) is 13.9. The number of phosphoric ester groups is 1. The minimum absolute atomic E-state index is 0.00916. The topological polar surface area (TPSA) is 108 Å². The first-order valence-electron chi connectivity index (χ1n) is 30.9. The number of nitrogens with one attached hydrogen (secondary N) is 1. The van der Waals surface area contributed by atoms with Crippen LogP contribution in [0.25, 0.3) is 0 Å². The van der Waals surface area contributed by atoms with Crippen LogP contribution in [0.5, 0.6) is 0 Å². The average molecular weight is 1080 g/mol. The van der Waals surface area contributed by atoms with Gasteiger partial charge in [0.05, 0.1) is 39.9 Å². The molecule has 0 aromatic carbocycles. The third kappa shape index (κ3) is 58.6. The first kappa shape index (κ1) is 72.9. The third-order valence-electron chi connectivity index (χ3n) is 13.2. The number of likely N-dealkylation sites (N-methyl/N-ethyl adjacent to an activating group) is 1. The summed E-state index contributed by atoms with van der Waals surface area (Å²) < 4.78 is 23.4. The minimum atomic E-state index is -4.61. The number of allylic oxidation sites excluding steroid dienone is 19. The van der Waals surface area contributed by atoms with Gasteiger partial charge in [0.1, 0.15) is 13.2 Å². The van der Waals surface area contributed by atoms with Crippen LogP contribution < -0.4 is 10.2 Å². The van der Waals surface area contributed by atoms with Gasteiger partial charge in [0.2, 0.25) is 5.91 Å². The van der Waals surface area contributed by atoms with E-state index < -0.39 is 26.6 Å². The van der Waals surface area contributed by atoms with E-state index >= 15 is 0 Å². The van der Waals surface area contributed by atoms with E-state index in [4.69, 9.17) is 9.05 Å². The Kier molecular flexibility index (Phi) is 54.3. The fourth-order valence-corrected chi connectivity index (χ4v) is 9.10. The lowest BCUT2D eigenvalue weighted by Gasteiger charge is -2.29. The van der Waals surface area contributed by atoms with Crippen molar-refractivity contribution in [2.45, 2.75) is 257 Å². The van der Waals surface area contributed by atoms with Crippen LogP contribution in [0, 0.1) is 0 Å². The number of aliphatic hydroxyl groups excluding tert-OH is 1. The van der Waals surface area contributed by atoms with Crippen molar-refractivity contribution in [1.82, 2.24) is 5.32 Å². The highest BCUT2D eigenvalue weighted by atomic mass is 31.2.